The van der Waals surface area contributed by atoms with E-state index < -0.39 is 0 Å². The Labute approximate surface area is 57.6 Å². The second-order valence-electron chi connectivity index (χ2n) is 0. The smallest absolute Gasteiger partial charge is 0.870 e. The minimum absolute atomic E-state index is 0. The number of rotatable bonds is 0. The minimum atomic E-state index is 0. The van der Waals surface area contributed by atoms with Crippen LogP contribution in [0.3, 0.4) is 0 Å². The van der Waals surface area contributed by atoms with E-state index in [2.05, 4.69) is 0 Å². The molecule has 6 nitrogen and oxygen atoms in total. The van der Waals surface area contributed by atoms with Gasteiger partial charge in [0.2, 0.25) is 0 Å². The van der Waals surface area contributed by atoms with E-state index in [4.69, 9.17) is 0 Å². The molecule has 6 N–H and O–H groups in total. The van der Waals surface area contributed by atoms with Gasteiger partial charge >= 0.3 is 2.85 Å². The molecule has 0 atom stereocenters. The Morgan fingerprint density at radius 3 is 0.429 bits per heavy atom. The first kappa shape index (κ1) is 1540. The molecule has 0 aromatic carbocycles. The van der Waals surface area contributed by atoms with Crippen molar-refractivity contribution in [2.75, 3.05) is 0 Å². The molecule has 0 aliphatic carbocycles. The van der Waals surface area contributed by atoms with Crippen LogP contribution in [0.5, 0.6) is 0 Å². The molecule has 0 rings (SSSR count). The van der Waals surface area contributed by atoms with Crippen LogP contribution in [0.2, 0.25) is 0 Å². The Bertz CT molecular complexity index is 11.0. The van der Waals surface area contributed by atoms with Gasteiger partial charge in [-0.2, -0.15) is 0 Å². The Morgan fingerprint density at radius 2 is 0.429 bits per heavy atom. The van der Waals surface area contributed by atoms with Crippen molar-refractivity contribution >= 4 is 0 Å². The summed E-state index contributed by atoms with van der Waals surface area (Å²) < 4.78 is 0. The predicted octanol–water partition coefficient (Wildman–Crippen LogP) is -0.838. The van der Waals surface area contributed by atoms with E-state index in [9.17, 15) is 0 Å². The Hall–Kier alpha value is 0.448. The fourth-order valence-electron chi connectivity index (χ4n) is 0. The van der Waals surface area contributed by atoms with Gasteiger partial charge in [-0.25, -0.2) is 0 Å². The molecule has 0 fully saturated rings. The van der Waals surface area contributed by atoms with Gasteiger partial charge in [-0.15, -0.1) is 0 Å². The molecule has 0 unspecified atom stereocenters. The van der Waals surface area contributed by atoms with Crippen molar-refractivity contribution in [2.24, 2.45) is 0 Å². The number of hydrogen-bond donors (Lipinski definition) is 0. The fourth-order valence-corrected chi connectivity index (χ4v) is 0. The van der Waals surface area contributed by atoms with Gasteiger partial charge < -0.3 is 32.9 Å². The Morgan fingerprint density at radius 1 is 0.429 bits per heavy atom. The molecule has 7 heavy (non-hydrogen) atoms. The van der Waals surface area contributed by atoms with Crippen LogP contribution >= 0.6 is 0 Å². The van der Waals surface area contributed by atoms with Crippen LogP contribution in [-0.2, 0) is 21.1 Å². The third kappa shape index (κ3) is 635. The maximum Gasteiger partial charge on any atom is 1.00 e. The average Bonchev–Trinajstić information content (AvgIpc) is 0. The van der Waals surface area contributed by atoms with Gasteiger partial charge in [-0.3, -0.25) is 0 Å². The first-order chi connectivity index (χ1) is 0. The zero-order chi connectivity index (χ0) is 0. The van der Waals surface area contributed by atoms with Gasteiger partial charge in [-0.05, 0) is 0 Å². The normalized spacial score (nSPS) is 0. The summed E-state index contributed by atoms with van der Waals surface area (Å²) in [4.78, 5) is 0. The molecule has 0 aromatic heterocycles. The van der Waals surface area contributed by atoms with E-state index in [-0.39, 0.29) is 56.8 Å². The van der Waals surface area contributed by atoms with Gasteiger partial charge in [-0.1, -0.05) is 0 Å². The summed E-state index contributed by atoms with van der Waals surface area (Å²) in [5.74, 6) is 0. The Balaban J connectivity index is 0. The Kier molecular flexibility index (Phi) is 210000. The summed E-state index contributed by atoms with van der Waals surface area (Å²) in [6.07, 6.45) is 0. The largest absolute Gasteiger partial charge is 1.00 e. The van der Waals surface area contributed by atoms with Crippen molar-refractivity contribution in [1.29, 1.82) is 0 Å². The van der Waals surface area contributed by atoms with Crippen LogP contribution in [-0.4, -0.2) is 32.9 Å². The molecule has 7 heteroatoms. The van der Waals surface area contributed by atoms with E-state index in [1.165, 1.54) is 0 Å². The maximum atomic E-state index is 0. The van der Waals surface area contributed by atoms with E-state index in [0.717, 1.165) is 0 Å². The van der Waals surface area contributed by atoms with E-state index in [1.807, 2.05) is 0 Å². The minimum Gasteiger partial charge on any atom is -0.870 e. The van der Waals surface area contributed by atoms with Gasteiger partial charge in [0.25, 0.3) is 0 Å². The molecule has 58 valence electrons. The molecule has 0 aliphatic heterocycles. The maximum absolute atomic E-state index is 0. The summed E-state index contributed by atoms with van der Waals surface area (Å²) in [6.45, 7) is 0. The molecule has 0 spiro atoms. The molecule has 0 saturated carbocycles. The quantitative estimate of drug-likeness (QED) is 0.562. The van der Waals surface area contributed by atoms with Gasteiger partial charge in [0, 0.05) is 21.1 Å². The van der Waals surface area contributed by atoms with Crippen LogP contribution in [0.1, 0.15) is 2.85 Å². The molecule has 0 heterocycles. The van der Waals surface area contributed by atoms with Crippen molar-refractivity contribution < 1.29 is 56.8 Å². The first-order valence-corrected chi connectivity index (χ1v) is 0. The third-order valence-corrected chi connectivity index (χ3v) is 0. The second kappa shape index (κ2) is 952. The molecule has 0 saturated heterocycles. The monoisotopic (exact) mass is 299 g/mol. The molecule has 0 radical (unpaired) electrons. The number of hydrogen-bond acceptors (Lipinski definition) is 6. The average molecular weight is 299 g/mol. The van der Waals surface area contributed by atoms with Gasteiger partial charge in [0.05, 0.1) is 0 Å². The third-order valence-electron chi connectivity index (χ3n) is 0. The van der Waals surface area contributed by atoms with Gasteiger partial charge in [0.1, 0.15) is 0 Å². The predicted molar refractivity (Wildman–Crippen MR) is 13.8 cm³/mol. The van der Waals surface area contributed by atoms with E-state index in [0.29, 0.717) is 0 Å². The molecule has 0 amide bonds. The van der Waals surface area contributed by atoms with Crippen LogP contribution in [0.4, 0.5) is 0 Å². The van der Waals surface area contributed by atoms with Crippen molar-refractivity contribution in [2.45, 2.75) is 0 Å². The topological polar surface area (TPSA) is 180 Å². The fraction of sp³-hybridized carbons (Fsp3) is 0. The van der Waals surface area contributed by atoms with Crippen LogP contribution in [0.25, 0.3) is 0 Å². The standard InChI is InChI=1S/6H2O.Pt/h6*1H2;/p-4. The SMILES string of the molecule is [H+].[H+].[OH-].[OH-].[OH-].[OH-].[OH-].[OH-].[Pt]. The van der Waals surface area contributed by atoms with Crippen LogP contribution in [0.15, 0.2) is 0 Å². The summed E-state index contributed by atoms with van der Waals surface area (Å²) in [7, 11) is 0. The van der Waals surface area contributed by atoms with Gasteiger partial charge in [0.15, 0.2) is 0 Å². The summed E-state index contributed by atoms with van der Waals surface area (Å²) in [5, 5.41) is 0. The first-order valence-electron chi connectivity index (χ1n) is 0. The van der Waals surface area contributed by atoms with Crippen molar-refractivity contribution in [3.05, 3.63) is 0 Å². The zero-order valence-corrected chi connectivity index (χ0v) is 5.27. The summed E-state index contributed by atoms with van der Waals surface area (Å²) in [6, 6.07) is 0. The van der Waals surface area contributed by atoms with Crippen molar-refractivity contribution in [3.8, 4) is 0 Å². The van der Waals surface area contributed by atoms with Crippen molar-refractivity contribution in [1.82, 2.24) is 0 Å². The summed E-state index contributed by atoms with van der Waals surface area (Å²) in [5.41, 5.74) is 0. The van der Waals surface area contributed by atoms with Crippen LogP contribution in [0, 0.1) is 0 Å². The zero-order valence-electron chi connectivity index (χ0n) is 5.00. The van der Waals surface area contributed by atoms with E-state index in [1.54, 1.807) is 0 Å². The van der Waals surface area contributed by atoms with E-state index >= 15 is 0 Å². The second-order valence-corrected chi connectivity index (χ2v) is 0. The van der Waals surface area contributed by atoms with Crippen LogP contribution < -0.4 is 0 Å². The molecule has 0 bridgehead atoms. The molecule has 0 aliphatic rings. The molecular formula is H8O6Pt-4. The molecular weight excluding hydrogens is 291 g/mol. The van der Waals surface area contributed by atoms with Crippen molar-refractivity contribution in [3.63, 3.8) is 0 Å². The summed E-state index contributed by atoms with van der Waals surface area (Å²) >= 11 is 0. The molecule has 0 aromatic rings.